The number of thiophene rings is 1. The Kier molecular flexibility index (Phi) is 2.98. The van der Waals surface area contributed by atoms with Gasteiger partial charge in [0.05, 0.1) is 3.79 Å². The Hall–Kier alpha value is 0.430. The SMILES string of the molecule is ClCC1(NCc2ccc(Br)s2)CC1. The van der Waals surface area contributed by atoms with Gasteiger partial charge in [0, 0.05) is 22.8 Å². The summed E-state index contributed by atoms with van der Waals surface area (Å²) < 4.78 is 1.19. The molecule has 0 spiro atoms. The van der Waals surface area contributed by atoms with Crippen LogP contribution in [0.25, 0.3) is 0 Å². The van der Waals surface area contributed by atoms with E-state index in [-0.39, 0.29) is 5.54 Å². The van der Waals surface area contributed by atoms with E-state index in [1.54, 1.807) is 11.3 Å². The number of alkyl halides is 1. The summed E-state index contributed by atoms with van der Waals surface area (Å²) in [4.78, 5) is 1.36. The summed E-state index contributed by atoms with van der Waals surface area (Å²) in [6.07, 6.45) is 2.45. The molecule has 1 aromatic heterocycles. The van der Waals surface area contributed by atoms with E-state index in [1.807, 2.05) is 0 Å². The first-order valence-electron chi connectivity index (χ1n) is 4.29. The Morgan fingerprint density at radius 3 is 2.77 bits per heavy atom. The minimum absolute atomic E-state index is 0.262. The number of nitrogens with one attached hydrogen (secondary N) is 1. The summed E-state index contributed by atoms with van der Waals surface area (Å²) >= 11 is 11.1. The molecule has 1 fully saturated rings. The number of hydrogen-bond acceptors (Lipinski definition) is 2. The van der Waals surface area contributed by atoms with Gasteiger partial charge in [0.15, 0.2) is 0 Å². The molecular weight excluding hydrogens is 270 g/mol. The highest BCUT2D eigenvalue weighted by atomic mass is 79.9. The summed E-state index contributed by atoms with van der Waals surface area (Å²) in [7, 11) is 0. The molecule has 13 heavy (non-hydrogen) atoms. The fraction of sp³-hybridized carbons (Fsp3) is 0.556. The van der Waals surface area contributed by atoms with Crippen molar-refractivity contribution >= 4 is 38.9 Å². The molecule has 0 atom stereocenters. The van der Waals surface area contributed by atoms with Crippen molar-refractivity contribution in [2.75, 3.05) is 5.88 Å². The minimum atomic E-state index is 0.262. The van der Waals surface area contributed by atoms with Gasteiger partial charge in [0.1, 0.15) is 0 Å². The Balaban J connectivity index is 1.86. The van der Waals surface area contributed by atoms with Crippen molar-refractivity contribution in [3.05, 3.63) is 20.8 Å². The third-order valence-electron chi connectivity index (χ3n) is 2.38. The second kappa shape index (κ2) is 3.89. The molecule has 1 saturated carbocycles. The number of halogens is 2. The van der Waals surface area contributed by atoms with E-state index in [4.69, 9.17) is 11.6 Å². The molecule has 1 heterocycles. The predicted molar refractivity (Wildman–Crippen MR) is 61.5 cm³/mol. The maximum Gasteiger partial charge on any atom is 0.0701 e. The maximum absolute atomic E-state index is 5.86. The van der Waals surface area contributed by atoms with Crippen LogP contribution in [-0.2, 0) is 6.54 Å². The van der Waals surface area contributed by atoms with Gasteiger partial charge in [-0.2, -0.15) is 0 Å². The molecule has 1 aromatic rings. The van der Waals surface area contributed by atoms with E-state index >= 15 is 0 Å². The van der Waals surface area contributed by atoms with Crippen LogP contribution in [0.5, 0.6) is 0 Å². The average molecular weight is 281 g/mol. The van der Waals surface area contributed by atoms with Crippen molar-refractivity contribution < 1.29 is 0 Å². The first-order chi connectivity index (χ1) is 6.24. The van der Waals surface area contributed by atoms with E-state index in [1.165, 1.54) is 21.5 Å². The van der Waals surface area contributed by atoms with Gasteiger partial charge in [-0.3, -0.25) is 0 Å². The molecule has 72 valence electrons. The first-order valence-corrected chi connectivity index (χ1v) is 6.44. The quantitative estimate of drug-likeness (QED) is 0.834. The lowest BCUT2D eigenvalue weighted by Gasteiger charge is -2.12. The molecule has 0 saturated heterocycles. The maximum atomic E-state index is 5.86. The van der Waals surface area contributed by atoms with Gasteiger partial charge in [-0.05, 0) is 40.9 Å². The summed E-state index contributed by atoms with van der Waals surface area (Å²) in [5.41, 5.74) is 0.262. The highest BCUT2D eigenvalue weighted by molar-refractivity contribution is 9.11. The van der Waals surface area contributed by atoms with Crippen LogP contribution in [0.3, 0.4) is 0 Å². The zero-order chi connectivity index (χ0) is 9.31. The van der Waals surface area contributed by atoms with E-state index < -0.39 is 0 Å². The van der Waals surface area contributed by atoms with Gasteiger partial charge in [0.25, 0.3) is 0 Å². The fourth-order valence-electron chi connectivity index (χ4n) is 1.23. The van der Waals surface area contributed by atoms with Gasteiger partial charge >= 0.3 is 0 Å². The van der Waals surface area contributed by atoms with E-state index in [0.717, 1.165) is 12.4 Å². The van der Waals surface area contributed by atoms with Crippen LogP contribution >= 0.6 is 38.9 Å². The van der Waals surface area contributed by atoms with Crippen LogP contribution in [-0.4, -0.2) is 11.4 Å². The smallest absolute Gasteiger partial charge is 0.0701 e. The summed E-state index contributed by atoms with van der Waals surface area (Å²) in [6, 6.07) is 4.23. The van der Waals surface area contributed by atoms with Crippen LogP contribution < -0.4 is 5.32 Å². The van der Waals surface area contributed by atoms with Crippen molar-refractivity contribution in [2.24, 2.45) is 0 Å². The molecule has 0 radical (unpaired) electrons. The van der Waals surface area contributed by atoms with Crippen LogP contribution in [0.1, 0.15) is 17.7 Å². The second-order valence-electron chi connectivity index (χ2n) is 3.47. The average Bonchev–Trinajstić information content (AvgIpc) is 2.81. The highest BCUT2D eigenvalue weighted by Crippen LogP contribution is 2.37. The fourth-order valence-corrected chi connectivity index (χ4v) is 3.01. The van der Waals surface area contributed by atoms with Crippen LogP contribution in [0.2, 0.25) is 0 Å². The molecule has 0 unspecified atom stereocenters. The lowest BCUT2D eigenvalue weighted by molar-refractivity contribution is 0.546. The Bertz CT molecular complexity index is 296. The third-order valence-corrected chi connectivity index (χ3v) is 4.51. The molecule has 0 bridgehead atoms. The lowest BCUT2D eigenvalue weighted by Crippen LogP contribution is -2.31. The van der Waals surface area contributed by atoms with Crippen LogP contribution in [0.4, 0.5) is 0 Å². The standard InChI is InChI=1S/C9H11BrClNS/c10-8-2-1-7(13-8)5-12-9(6-11)3-4-9/h1-2,12H,3-6H2. The van der Waals surface area contributed by atoms with Crippen LogP contribution in [0, 0.1) is 0 Å². The Morgan fingerprint density at radius 2 is 2.31 bits per heavy atom. The molecule has 0 aliphatic heterocycles. The Labute approximate surface area is 95.6 Å². The van der Waals surface area contributed by atoms with Gasteiger partial charge in [0.2, 0.25) is 0 Å². The molecule has 1 nitrogen and oxygen atoms in total. The summed E-state index contributed by atoms with van der Waals surface area (Å²) in [5.74, 6) is 0.736. The normalized spacial score (nSPS) is 18.9. The van der Waals surface area contributed by atoms with E-state index in [9.17, 15) is 0 Å². The van der Waals surface area contributed by atoms with Crippen molar-refractivity contribution in [1.82, 2.24) is 5.32 Å². The van der Waals surface area contributed by atoms with Crippen LogP contribution in [0.15, 0.2) is 15.9 Å². The largest absolute Gasteiger partial charge is 0.305 e. The monoisotopic (exact) mass is 279 g/mol. The molecule has 2 rings (SSSR count). The molecule has 1 N–H and O–H groups in total. The zero-order valence-corrected chi connectivity index (χ0v) is 10.3. The zero-order valence-electron chi connectivity index (χ0n) is 7.15. The van der Waals surface area contributed by atoms with E-state index in [0.29, 0.717) is 0 Å². The Morgan fingerprint density at radius 1 is 1.54 bits per heavy atom. The first kappa shape index (κ1) is 9.97. The van der Waals surface area contributed by atoms with Crippen molar-refractivity contribution in [3.63, 3.8) is 0 Å². The second-order valence-corrected chi connectivity index (χ2v) is 6.29. The minimum Gasteiger partial charge on any atom is -0.305 e. The molecule has 4 heteroatoms. The molecule has 0 aromatic carbocycles. The molecular formula is C9H11BrClNS. The molecule has 1 aliphatic carbocycles. The predicted octanol–water partition coefficient (Wildman–Crippen LogP) is 3.37. The lowest BCUT2D eigenvalue weighted by atomic mass is 10.3. The van der Waals surface area contributed by atoms with Gasteiger partial charge < -0.3 is 5.32 Å². The number of hydrogen-bond donors (Lipinski definition) is 1. The highest BCUT2D eigenvalue weighted by Gasteiger charge is 2.41. The van der Waals surface area contributed by atoms with Crippen molar-refractivity contribution in [3.8, 4) is 0 Å². The van der Waals surface area contributed by atoms with E-state index in [2.05, 4.69) is 33.4 Å². The van der Waals surface area contributed by atoms with Gasteiger partial charge in [-0.25, -0.2) is 0 Å². The van der Waals surface area contributed by atoms with Crippen molar-refractivity contribution in [1.29, 1.82) is 0 Å². The number of rotatable bonds is 4. The van der Waals surface area contributed by atoms with Gasteiger partial charge in [-0.15, -0.1) is 22.9 Å². The van der Waals surface area contributed by atoms with Crippen molar-refractivity contribution in [2.45, 2.75) is 24.9 Å². The molecule has 0 amide bonds. The third kappa shape index (κ3) is 2.46. The molecule has 1 aliphatic rings. The van der Waals surface area contributed by atoms with Gasteiger partial charge in [-0.1, -0.05) is 0 Å². The summed E-state index contributed by atoms with van der Waals surface area (Å²) in [6.45, 7) is 0.947. The summed E-state index contributed by atoms with van der Waals surface area (Å²) in [5, 5.41) is 3.51. The topological polar surface area (TPSA) is 12.0 Å².